The average molecular weight is 286 g/mol. The van der Waals surface area contributed by atoms with Gasteiger partial charge >= 0.3 is 12.0 Å². The molecule has 3 amide bonds. The van der Waals surface area contributed by atoms with Crippen LogP contribution in [0.2, 0.25) is 0 Å². The lowest BCUT2D eigenvalue weighted by atomic mass is 10.1. The van der Waals surface area contributed by atoms with Gasteiger partial charge in [-0.1, -0.05) is 0 Å². The van der Waals surface area contributed by atoms with Gasteiger partial charge in [-0.2, -0.15) is 0 Å². The number of hydrogen-bond donors (Lipinski definition) is 4. The number of nitrogens with zero attached hydrogens (tertiary/aromatic N) is 1. The largest absolute Gasteiger partial charge is 0.480 e. The van der Waals surface area contributed by atoms with Crippen molar-refractivity contribution >= 4 is 17.9 Å². The minimum absolute atomic E-state index is 0.0138. The van der Waals surface area contributed by atoms with E-state index in [1.165, 1.54) is 12.8 Å². The van der Waals surface area contributed by atoms with Gasteiger partial charge in [-0.25, -0.2) is 9.59 Å². The molecule has 0 saturated heterocycles. The van der Waals surface area contributed by atoms with Crippen molar-refractivity contribution in [3.63, 3.8) is 0 Å². The van der Waals surface area contributed by atoms with Crippen molar-refractivity contribution in [2.24, 2.45) is 5.73 Å². The standard InChI is InChI=1S/C12H22N4O4/c1-16(8-2-3-8)7-6-14-12(20)15-9(11(18)19)4-5-10(13)17/h8-9H,2-7H2,1H3,(H2,13,17)(H,18,19)(H2,14,15,20)/t9-/m0/s1. The number of carboxylic acids is 1. The third-order valence-electron chi connectivity index (χ3n) is 3.20. The van der Waals surface area contributed by atoms with Gasteiger partial charge in [0.15, 0.2) is 0 Å². The van der Waals surface area contributed by atoms with Gasteiger partial charge in [0.05, 0.1) is 0 Å². The van der Waals surface area contributed by atoms with E-state index in [-0.39, 0.29) is 12.8 Å². The molecule has 1 aliphatic carbocycles. The van der Waals surface area contributed by atoms with Crippen LogP contribution in [0, 0.1) is 0 Å². The van der Waals surface area contributed by atoms with Crippen molar-refractivity contribution in [3.05, 3.63) is 0 Å². The zero-order chi connectivity index (χ0) is 15.1. The van der Waals surface area contributed by atoms with Gasteiger partial charge in [0, 0.05) is 25.6 Å². The van der Waals surface area contributed by atoms with Gasteiger partial charge in [0.1, 0.15) is 6.04 Å². The smallest absolute Gasteiger partial charge is 0.326 e. The highest BCUT2D eigenvalue weighted by atomic mass is 16.4. The monoisotopic (exact) mass is 286 g/mol. The van der Waals surface area contributed by atoms with Crippen molar-refractivity contribution in [3.8, 4) is 0 Å². The Morgan fingerprint density at radius 1 is 1.40 bits per heavy atom. The summed E-state index contributed by atoms with van der Waals surface area (Å²) in [5.41, 5.74) is 4.95. The van der Waals surface area contributed by atoms with Crippen molar-refractivity contribution in [2.45, 2.75) is 37.8 Å². The number of nitrogens with one attached hydrogen (secondary N) is 2. The Morgan fingerprint density at radius 3 is 2.55 bits per heavy atom. The van der Waals surface area contributed by atoms with E-state index in [0.29, 0.717) is 12.6 Å². The summed E-state index contributed by atoms with van der Waals surface area (Å²) in [6.45, 7) is 1.16. The molecular formula is C12H22N4O4. The fraction of sp³-hybridized carbons (Fsp3) is 0.750. The molecule has 0 aliphatic heterocycles. The zero-order valence-corrected chi connectivity index (χ0v) is 11.6. The summed E-state index contributed by atoms with van der Waals surface area (Å²) in [5, 5.41) is 13.8. The van der Waals surface area contributed by atoms with Gasteiger partial charge < -0.3 is 26.4 Å². The second kappa shape index (κ2) is 7.68. The molecular weight excluding hydrogens is 264 g/mol. The summed E-state index contributed by atoms with van der Waals surface area (Å²) < 4.78 is 0. The molecule has 0 bridgehead atoms. The molecule has 0 aromatic heterocycles. The predicted octanol–water partition coefficient (Wildman–Crippen LogP) is -0.901. The van der Waals surface area contributed by atoms with Crippen LogP contribution in [0.4, 0.5) is 4.79 Å². The number of amides is 3. The highest BCUT2D eigenvalue weighted by molar-refractivity contribution is 5.83. The number of hydrogen-bond acceptors (Lipinski definition) is 4. The number of urea groups is 1. The highest BCUT2D eigenvalue weighted by Crippen LogP contribution is 2.24. The number of carbonyl (C=O) groups is 3. The van der Waals surface area contributed by atoms with E-state index < -0.39 is 23.9 Å². The van der Waals surface area contributed by atoms with Gasteiger partial charge in [-0.3, -0.25) is 4.79 Å². The van der Waals surface area contributed by atoms with E-state index in [2.05, 4.69) is 15.5 Å². The number of likely N-dealkylation sites (N-methyl/N-ethyl adjacent to an activating group) is 1. The lowest BCUT2D eigenvalue weighted by Gasteiger charge is -2.17. The van der Waals surface area contributed by atoms with Crippen LogP contribution < -0.4 is 16.4 Å². The number of nitrogens with two attached hydrogens (primary N) is 1. The van der Waals surface area contributed by atoms with Crippen LogP contribution in [-0.4, -0.2) is 60.1 Å². The summed E-state index contributed by atoms with van der Waals surface area (Å²) >= 11 is 0. The first-order chi connectivity index (χ1) is 9.40. The van der Waals surface area contributed by atoms with Crippen LogP contribution >= 0.6 is 0 Å². The molecule has 5 N–H and O–H groups in total. The summed E-state index contributed by atoms with van der Waals surface area (Å²) in [7, 11) is 1.99. The molecule has 1 fully saturated rings. The first-order valence-electron chi connectivity index (χ1n) is 6.66. The Bertz CT molecular complexity index is 370. The predicted molar refractivity (Wildman–Crippen MR) is 72.0 cm³/mol. The maximum absolute atomic E-state index is 11.5. The molecule has 0 aromatic carbocycles. The molecule has 8 nitrogen and oxygen atoms in total. The lowest BCUT2D eigenvalue weighted by molar-refractivity contribution is -0.139. The molecule has 0 aromatic rings. The Balaban J connectivity index is 2.22. The van der Waals surface area contributed by atoms with E-state index in [1.807, 2.05) is 7.05 Å². The summed E-state index contributed by atoms with van der Waals surface area (Å²) in [5.74, 6) is -1.78. The maximum atomic E-state index is 11.5. The van der Waals surface area contributed by atoms with Crippen molar-refractivity contribution < 1.29 is 19.5 Å². The minimum Gasteiger partial charge on any atom is -0.480 e. The second-order valence-electron chi connectivity index (χ2n) is 5.01. The Labute approximate surface area is 117 Å². The zero-order valence-electron chi connectivity index (χ0n) is 11.6. The Kier molecular flexibility index (Phi) is 6.23. The van der Waals surface area contributed by atoms with E-state index in [9.17, 15) is 14.4 Å². The van der Waals surface area contributed by atoms with E-state index >= 15 is 0 Å². The quantitative estimate of drug-likeness (QED) is 0.437. The highest BCUT2D eigenvalue weighted by Gasteiger charge is 2.25. The lowest BCUT2D eigenvalue weighted by Crippen LogP contribution is -2.47. The summed E-state index contributed by atoms with van der Waals surface area (Å²) in [6, 6.07) is -1.04. The second-order valence-corrected chi connectivity index (χ2v) is 5.01. The van der Waals surface area contributed by atoms with Crippen LogP contribution in [0.3, 0.4) is 0 Å². The maximum Gasteiger partial charge on any atom is 0.326 e. The van der Waals surface area contributed by atoms with E-state index in [4.69, 9.17) is 10.8 Å². The number of carboxylic acid groups (broad SMARTS) is 1. The van der Waals surface area contributed by atoms with Crippen LogP contribution in [0.15, 0.2) is 0 Å². The van der Waals surface area contributed by atoms with E-state index in [1.54, 1.807) is 0 Å². The molecule has 114 valence electrons. The first-order valence-corrected chi connectivity index (χ1v) is 6.66. The number of primary amides is 1. The van der Waals surface area contributed by atoms with Crippen molar-refractivity contribution in [2.75, 3.05) is 20.1 Å². The molecule has 20 heavy (non-hydrogen) atoms. The molecule has 0 heterocycles. The summed E-state index contributed by atoms with van der Waals surface area (Å²) in [6.07, 6.45) is 2.29. The average Bonchev–Trinajstić information content (AvgIpc) is 3.17. The van der Waals surface area contributed by atoms with Crippen LogP contribution in [-0.2, 0) is 9.59 Å². The van der Waals surface area contributed by atoms with E-state index in [0.717, 1.165) is 6.54 Å². The number of rotatable bonds is 9. The van der Waals surface area contributed by atoms with Gasteiger partial charge in [0.25, 0.3) is 0 Å². The van der Waals surface area contributed by atoms with Crippen LogP contribution in [0.25, 0.3) is 0 Å². The summed E-state index contributed by atoms with van der Waals surface area (Å²) in [4.78, 5) is 35.3. The van der Waals surface area contributed by atoms with Crippen LogP contribution in [0.1, 0.15) is 25.7 Å². The molecule has 0 radical (unpaired) electrons. The first kappa shape index (κ1) is 16.2. The fourth-order valence-electron chi connectivity index (χ4n) is 1.80. The molecule has 8 heteroatoms. The molecule has 0 unspecified atom stereocenters. The molecule has 1 rings (SSSR count). The molecule has 1 atom stereocenters. The number of aliphatic carboxylic acids is 1. The van der Waals surface area contributed by atoms with Crippen molar-refractivity contribution in [1.29, 1.82) is 0 Å². The Hall–Kier alpha value is -1.83. The van der Waals surface area contributed by atoms with Gasteiger partial charge in [0.2, 0.25) is 5.91 Å². The van der Waals surface area contributed by atoms with Gasteiger partial charge in [-0.15, -0.1) is 0 Å². The van der Waals surface area contributed by atoms with Crippen LogP contribution in [0.5, 0.6) is 0 Å². The normalized spacial score (nSPS) is 15.7. The topological polar surface area (TPSA) is 125 Å². The third kappa shape index (κ3) is 6.37. The van der Waals surface area contributed by atoms with Crippen molar-refractivity contribution in [1.82, 2.24) is 15.5 Å². The molecule has 1 aliphatic rings. The molecule has 1 saturated carbocycles. The number of carbonyl (C=O) groups excluding carboxylic acids is 2. The fourth-order valence-corrected chi connectivity index (χ4v) is 1.80. The van der Waals surface area contributed by atoms with Gasteiger partial charge in [-0.05, 0) is 26.3 Å². The SMILES string of the molecule is CN(CCNC(=O)N[C@@H](CCC(N)=O)C(=O)O)C1CC1. The molecule has 0 spiro atoms. The Morgan fingerprint density at radius 2 is 2.05 bits per heavy atom. The third-order valence-corrected chi connectivity index (χ3v) is 3.20. The minimum atomic E-state index is -1.18.